The van der Waals surface area contributed by atoms with Crippen LogP contribution >= 0.6 is 15.9 Å². The smallest absolute Gasteiger partial charge is 0.363 e. The van der Waals surface area contributed by atoms with Crippen molar-refractivity contribution < 1.29 is 13.9 Å². The molecule has 0 saturated heterocycles. The molecule has 0 N–H and O–H groups in total. The van der Waals surface area contributed by atoms with Crippen LogP contribution in [-0.4, -0.2) is 11.9 Å². The van der Waals surface area contributed by atoms with Crippen molar-refractivity contribution >= 4 is 33.9 Å². The van der Waals surface area contributed by atoms with Gasteiger partial charge in [-0.2, -0.15) is 0 Å². The number of aliphatic imine (C=N–C) groups is 1. The Bertz CT molecular complexity index is 743. The lowest BCUT2D eigenvalue weighted by molar-refractivity contribution is -0.129. The van der Waals surface area contributed by atoms with Gasteiger partial charge in [-0.15, -0.1) is 0 Å². The van der Waals surface area contributed by atoms with Gasteiger partial charge in [0.1, 0.15) is 11.5 Å². The lowest BCUT2D eigenvalue weighted by atomic mass is 10.2. The second-order valence-electron chi connectivity index (χ2n) is 4.29. The predicted octanol–water partition coefficient (Wildman–Crippen LogP) is 3.70. The molecule has 4 nitrogen and oxygen atoms in total. The van der Waals surface area contributed by atoms with Gasteiger partial charge in [0, 0.05) is 16.1 Å². The summed E-state index contributed by atoms with van der Waals surface area (Å²) in [6.07, 6.45) is 1.57. The van der Waals surface area contributed by atoms with E-state index in [2.05, 4.69) is 20.9 Å². The topological polar surface area (TPSA) is 51.8 Å². The van der Waals surface area contributed by atoms with Crippen molar-refractivity contribution in [2.75, 3.05) is 0 Å². The fraction of sp³-hybridized carbons (Fsp3) is 0.0667. The van der Waals surface area contributed by atoms with E-state index in [1.54, 1.807) is 12.1 Å². The summed E-state index contributed by atoms with van der Waals surface area (Å²) in [7, 11) is 0. The van der Waals surface area contributed by atoms with Crippen molar-refractivity contribution in [1.29, 1.82) is 0 Å². The molecule has 0 atom stereocenters. The van der Waals surface area contributed by atoms with Crippen molar-refractivity contribution in [2.24, 2.45) is 4.99 Å². The van der Waals surface area contributed by atoms with E-state index in [1.807, 2.05) is 37.3 Å². The zero-order valence-electron chi connectivity index (χ0n) is 10.6. The average Bonchev–Trinajstić information content (AvgIpc) is 2.97. The standard InChI is InChI=1S/C15H10BrNO3/c1-9-5-6-12(19-9)8-13-15(18)20-14(17-13)10-3-2-4-11(16)7-10/h2-8H,1H3/b13-8-. The van der Waals surface area contributed by atoms with Crippen LogP contribution < -0.4 is 0 Å². The fourth-order valence-corrected chi connectivity index (χ4v) is 2.22. The van der Waals surface area contributed by atoms with Gasteiger partial charge in [0.25, 0.3) is 0 Å². The highest BCUT2D eigenvalue weighted by molar-refractivity contribution is 9.10. The number of aryl methyl sites for hydroxylation is 1. The maximum Gasteiger partial charge on any atom is 0.363 e. The van der Waals surface area contributed by atoms with Gasteiger partial charge < -0.3 is 9.15 Å². The minimum atomic E-state index is -0.478. The first-order valence-electron chi connectivity index (χ1n) is 5.97. The van der Waals surface area contributed by atoms with Gasteiger partial charge in [0.15, 0.2) is 5.70 Å². The first-order chi connectivity index (χ1) is 9.61. The third-order valence-electron chi connectivity index (χ3n) is 2.73. The molecule has 1 aliphatic heterocycles. The quantitative estimate of drug-likeness (QED) is 0.622. The summed E-state index contributed by atoms with van der Waals surface area (Å²) in [5.41, 5.74) is 0.973. The van der Waals surface area contributed by atoms with E-state index in [0.29, 0.717) is 11.7 Å². The molecule has 2 aromatic rings. The van der Waals surface area contributed by atoms with Crippen LogP contribution in [0, 0.1) is 6.92 Å². The molecule has 1 aromatic carbocycles. The second-order valence-corrected chi connectivity index (χ2v) is 5.21. The molecule has 20 heavy (non-hydrogen) atoms. The molecule has 3 rings (SSSR count). The van der Waals surface area contributed by atoms with Crippen molar-refractivity contribution in [2.45, 2.75) is 6.92 Å². The summed E-state index contributed by atoms with van der Waals surface area (Å²) in [6, 6.07) is 11.0. The van der Waals surface area contributed by atoms with Gasteiger partial charge in [-0.25, -0.2) is 9.79 Å². The van der Waals surface area contributed by atoms with E-state index >= 15 is 0 Å². The van der Waals surface area contributed by atoms with E-state index < -0.39 is 5.97 Å². The first kappa shape index (κ1) is 12.9. The summed E-state index contributed by atoms with van der Waals surface area (Å²) in [4.78, 5) is 16.0. The highest BCUT2D eigenvalue weighted by Gasteiger charge is 2.24. The molecule has 0 amide bonds. The van der Waals surface area contributed by atoms with Crippen LogP contribution in [0.1, 0.15) is 17.1 Å². The van der Waals surface area contributed by atoms with Gasteiger partial charge in [-0.1, -0.05) is 22.0 Å². The van der Waals surface area contributed by atoms with Crippen LogP contribution in [0.3, 0.4) is 0 Å². The van der Waals surface area contributed by atoms with Crippen molar-refractivity contribution in [3.05, 3.63) is 63.7 Å². The molecule has 5 heteroatoms. The minimum Gasteiger partial charge on any atom is -0.462 e. The Labute approximate surface area is 123 Å². The molecule has 0 fully saturated rings. The normalized spacial score (nSPS) is 16.4. The largest absolute Gasteiger partial charge is 0.462 e. The lowest BCUT2D eigenvalue weighted by Crippen LogP contribution is -2.05. The molecule has 0 saturated carbocycles. The molecule has 1 aromatic heterocycles. The number of ether oxygens (including phenoxy) is 1. The minimum absolute atomic E-state index is 0.231. The van der Waals surface area contributed by atoms with Crippen LogP contribution in [0.25, 0.3) is 6.08 Å². The van der Waals surface area contributed by atoms with Crippen LogP contribution in [0.15, 0.2) is 56.0 Å². The molecular weight excluding hydrogens is 322 g/mol. The zero-order valence-corrected chi connectivity index (χ0v) is 12.2. The summed E-state index contributed by atoms with van der Waals surface area (Å²) >= 11 is 3.37. The Morgan fingerprint density at radius 1 is 1.25 bits per heavy atom. The first-order valence-corrected chi connectivity index (χ1v) is 6.76. The van der Waals surface area contributed by atoms with Crippen LogP contribution in [0.5, 0.6) is 0 Å². The summed E-state index contributed by atoms with van der Waals surface area (Å²) in [6.45, 7) is 1.84. The van der Waals surface area contributed by atoms with E-state index in [4.69, 9.17) is 9.15 Å². The number of carbonyl (C=O) groups excluding carboxylic acids is 1. The van der Waals surface area contributed by atoms with Gasteiger partial charge in [-0.3, -0.25) is 0 Å². The molecule has 100 valence electrons. The molecule has 0 unspecified atom stereocenters. The highest BCUT2D eigenvalue weighted by Crippen LogP contribution is 2.21. The number of halogens is 1. The van der Waals surface area contributed by atoms with Crippen molar-refractivity contribution in [3.63, 3.8) is 0 Å². The Morgan fingerprint density at radius 2 is 2.10 bits per heavy atom. The number of esters is 1. The molecular formula is C15H10BrNO3. The van der Waals surface area contributed by atoms with E-state index in [-0.39, 0.29) is 5.70 Å². The van der Waals surface area contributed by atoms with E-state index in [0.717, 1.165) is 15.8 Å². The van der Waals surface area contributed by atoms with Crippen LogP contribution in [0.4, 0.5) is 0 Å². The molecule has 0 spiro atoms. The Balaban J connectivity index is 1.94. The summed E-state index contributed by atoms with van der Waals surface area (Å²) in [5, 5.41) is 0. The van der Waals surface area contributed by atoms with Gasteiger partial charge >= 0.3 is 5.97 Å². The molecule has 0 aliphatic carbocycles. The van der Waals surface area contributed by atoms with Crippen LogP contribution in [0.2, 0.25) is 0 Å². The Morgan fingerprint density at radius 3 is 2.80 bits per heavy atom. The number of carbonyl (C=O) groups is 1. The molecule has 0 radical (unpaired) electrons. The number of benzene rings is 1. The second kappa shape index (κ2) is 5.09. The van der Waals surface area contributed by atoms with Crippen LogP contribution in [-0.2, 0) is 9.53 Å². The fourth-order valence-electron chi connectivity index (χ4n) is 1.82. The van der Waals surface area contributed by atoms with Gasteiger partial charge in [0.2, 0.25) is 5.90 Å². The average molecular weight is 332 g/mol. The van der Waals surface area contributed by atoms with Gasteiger partial charge in [-0.05, 0) is 37.3 Å². The zero-order chi connectivity index (χ0) is 14.1. The lowest BCUT2D eigenvalue weighted by Gasteiger charge is -1.99. The van der Waals surface area contributed by atoms with Gasteiger partial charge in [0.05, 0.1) is 0 Å². The third kappa shape index (κ3) is 2.58. The number of rotatable bonds is 2. The Hall–Kier alpha value is -2.14. The van der Waals surface area contributed by atoms with Crippen molar-refractivity contribution in [1.82, 2.24) is 0 Å². The van der Waals surface area contributed by atoms with E-state index in [1.165, 1.54) is 0 Å². The van der Waals surface area contributed by atoms with Crippen molar-refractivity contribution in [3.8, 4) is 0 Å². The molecule has 0 bridgehead atoms. The van der Waals surface area contributed by atoms with E-state index in [9.17, 15) is 4.79 Å². The molecule has 1 aliphatic rings. The monoisotopic (exact) mass is 331 g/mol. The Kier molecular flexibility index (Phi) is 3.28. The number of furan rings is 1. The SMILES string of the molecule is Cc1ccc(/C=C2\N=C(c3cccc(Br)c3)OC2=O)o1. The maximum absolute atomic E-state index is 11.8. The summed E-state index contributed by atoms with van der Waals surface area (Å²) < 4.78 is 11.5. The number of cyclic esters (lactones) is 1. The summed E-state index contributed by atoms with van der Waals surface area (Å²) in [5.74, 6) is 1.17. The third-order valence-corrected chi connectivity index (χ3v) is 3.23. The maximum atomic E-state index is 11.8. The predicted molar refractivity (Wildman–Crippen MR) is 78.2 cm³/mol. The number of hydrogen-bond donors (Lipinski definition) is 0. The number of hydrogen-bond acceptors (Lipinski definition) is 4. The molecule has 2 heterocycles. The highest BCUT2D eigenvalue weighted by atomic mass is 79.9. The number of nitrogens with zero attached hydrogens (tertiary/aromatic N) is 1.